The van der Waals surface area contributed by atoms with E-state index in [1.807, 2.05) is 20.8 Å². The summed E-state index contributed by atoms with van der Waals surface area (Å²) in [6.07, 6.45) is 1.25. The molecule has 1 aliphatic heterocycles. The van der Waals surface area contributed by atoms with Crippen LogP contribution in [0.25, 0.3) is 0 Å². The summed E-state index contributed by atoms with van der Waals surface area (Å²) in [5.41, 5.74) is -0.470. The van der Waals surface area contributed by atoms with Gasteiger partial charge in [-0.05, 0) is 20.8 Å². The summed E-state index contributed by atoms with van der Waals surface area (Å²) in [6, 6.07) is 0. The van der Waals surface area contributed by atoms with E-state index in [4.69, 9.17) is 14.2 Å². The molecule has 0 N–H and O–H groups in total. The summed E-state index contributed by atoms with van der Waals surface area (Å²) in [7, 11) is 0. The van der Waals surface area contributed by atoms with E-state index in [2.05, 4.69) is 11.5 Å². The number of carbonyl (C=O) groups excluding carboxylic acids is 2. The molecule has 132 valence electrons. The van der Waals surface area contributed by atoms with Crippen LogP contribution in [0.4, 0.5) is 4.79 Å². The number of rotatable bonds is 7. The molecule has 1 fully saturated rings. The summed E-state index contributed by atoms with van der Waals surface area (Å²) >= 11 is 0. The Kier molecular flexibility index (Phi) is 8.05. The first kappa shape index (κ1) is 19.4. The predicted octanol–water partition coefficient (Wildman–Crippen LogP) is 1.28. The van der Waals surface area contributed by atoms with Crippen molar-refractivity contribution in [3.63, 3.8) is 0 Å². The Morgan fingerprint density at radius 1 is 1.17 bits per heavy atom. The van der Waals surface area contributed by atoms with Crippen molar-refractivity contribution in [1.82, 2.24) is 9.80 Å². The number of carbonyl (C=O) groups is 2. The van der Waals surface area contributed by atoms with Gasteiger partial charge in [0.25, 0.3) is 0 Å². The predicted molar refractivity (Wildman–Crippen MR) is 86.2 cm³/mol. The first-order chi connectivity index (χ1) is 10.8. The molecule has 0 aromatic heterocycles. The fourth-order valence-electron chi connectivity index (χ4n) is 2.02. The number of nitrogens with zero attached hydrogens (tertiary/aromatic N) is 2. The molecule has 1 aliphatic rings. The van der Waals surface area contributed by atoms with Gasteiger partial charge >= 0.3 is 12.1 Å². The SMILES string of the molecule is C=CCOC(=O)COCCN1CCN(C(=O)OC(C)(C)C)CC1. The monoisotopic (exact) mass is 328 g/mol. The van der Waals surface area contributed by atoms with Crippen LogP contribution in [0.5, 0.6) is 0 Å². The van der Waals surface area contributed by atoms with Crippen molar-refractivity contribution >= 4 is 12.1 Å². The standard InChI is InChI=1S/C16H28N2O5/c1-5-11-22-14(19)13-21-12-10-17-6-8-18(9-7-17)15(20)23-16(2,3)4/h5H,1,6-13H2,2-4H3. The third kappa shape index (κ3) is 8.56. The lowest BCUT2D eigenvalue weighted by atomic mass is 10.2. The van der Waals surface area contributed by atoms with E-state index in [1.54, 1.807) is 4.90 Å². The second kappa shape index (κ2) is 9.52. The molecular weight excluding hydrogens is 300 g/mol. The second-order valence-electron chi connectivity index (χ2n) is 6.33. The number of ether oxygens (including phenoxy) is 3. The minimum atomic E-state index is -0.470. The highest BCUT2D eigenvalue weighted by Gasteiger charge is 2.25. The molecule has 0 atom stereocenters. The fraction of sp³-hybridized carbons (Fsp3) is 0.750. The van der Waals surface area contributed by atoms with Gasteiger partial charge in [0.15, 0.2) is 0 Å². The maximum atomic E-state index is 11.9. The average Bonchev–Trinajstić information content (AvgIpc) is 2.48. The zero-order valence-electron chi connectivity index (χ0n) is 14.4. The molecule has 0 unspecified atom stereocenters. The largest absolute Gasteiger partial charge is 0.460 e. The lowest BCUT2D eigenvalue weighted by molar-refractivity contribution is -0.147. The Morgan fingerprint density at radius 2 is 1.83 bits per heavy atom. The van der Waals surface area contributed by atoms with Crippen molar-refractivity contribution in [2.75, 3.05) is 52.5 Å². The number of hydrogen-bond donors (Lipinski definition) is 0. The summed E-state index contributed by atoms with van der Waals surface area (Å²) in [4.78, 5) is 27.1. The number of piperazine rings is 1. The fourth-order valence-corrected chi connectivity index (χ4v) is 2.02. The molecule has 0 bridgehead atoms. The average molecular weight is 328 g/mol. The van der Waals surface area contributed by atoms with E-state index in [-0.39, 0.29) is 25.3 Å². The van der Waals surface area contributed by atoms with Gasteiger partial charge in [0, 0.05) is 32.7 Å². The van der Waals surface area contributed by atoms with E-state index in [1.165, 1.54) is 6.08 Å². The van der Waals surface area contributed by atoms with Crippen LogP contribution in [0.15, 0.2) is 12.7 Å². The van der Waals surface area contributed by atoms with Gasteiger partial charge in [-0.2, -0.15) is 0 Å². The molecule has 7 heteroatoms. The van der Waals surface area contributed by atoms with Gasteiger partial charge < -0.3 is 19.1 Å². The van der Waals surface area contributed by atoms with Crippen LogP contribution in [0.2, 0.25) is 0 Å². The van der Waals surface area contributed by atoms with Crippen molar-refractivity contribution in [1.29, 1.82) is 0 Å². The van der Waals surface area contributed by atoms with Crippen LogP contribution in [-0.4, -0.2) is 80.0 Å². The Balaban J connectivity index is 2.13. The topological polar surface area (TPSA) is 68.3 Å². The second-order valence-corrected chi connectivity index (χ2v) is 6.33. The zero-order valence-corrected chi connectivity index (χ0v) is 14.4. The van der Waals surface area contributed by atoms with E-state index >= 15 is 0 Å². The molecule has 7 nitrogen and oxygen atoms in total. The lowest BCUT2D eigenvalue weighted by Crippen LogP contribution is -2.50. The molecule has 0 aromatic carbocycles. The van der Waals surface area contributed by atoms with Crippen LogP contribution in [0, 0.1) is 0 Å². The van der Waals surface area contributed by atoms with Crippen LogP contribution in [0.1, 0.15) is 20.8 Å². The van der Waals surface area contributed by atoms with Crippen molar-refractivity contribution in [2.45, 2.75) is 26.4 Å². The van der Waals surface area contributed by atoms with Gasteiger partial charge in [-0.15, -0.1) is 0 Å². The normalized spacial score (nSPS) is 16.0. The number of esters is 1. The minimum Gasteiger partial charge on any atom is -0.460 e. The van der Waals surface area contributed by atoms with Crippen LogP contribution in [-0.2, 0) is 19.0 Å². The number of hydrogen-bond acceptors (Lipinski definition) is 6. The van der Waals surface area contributed by atoms with Crippen molar-refractivity contribution < 1.29 is 23.8 Å². The molecule has 1 heterocycles. The first-order valence-corrected chi connectivity index (χ1v) is 7.86. The third-order valence-electron chi connectivity index (χ3n) is 3.16. The van der Waals surface area contributed by atoms with Crippen molar-refractivity contribution in [3.8, 4) is 0 Å². The third-order valence-corrected chi connectivity index (χ3v) is 3.16. The molecule has 0 aliphatic carbocycles. The van der Waals surface area contributed by atoms with Crippen molar-refractivity contribution in [2.24, 2.45) is 0 Å². The van der Waals surface area contributed by atoms with Crippen LogP contribution >= 0.6 is 0 Å². The van der Waals surface area contributed by atoms with Gasteiger partial charge in [0.2, 0.25) is 0 Å². The molecule has 1 amide bonds. The summed E-state index contributed by atoms with van der Waals surface area (Å²) < 4.78 is 15.4. The Morgan fingerprint density at radius 3 is 2.39 bits per heavy atom. The van der Waals surface area contributed by atoms with E-state index in [9.17, 15) is 9.59 Å². The molecular formula is C16H28N2O5. The van der Waals surface area contributed by atoms with Crippen LogP contribution in [0.3, 0.4) is 0 Å². The van der Waals surface area contributed by atoms with Gasteiger partial charge in [0.1, 0.15) is 18.8 Å². The van der Waals surface area contributed by atoms with Gasteiger partial charge in [-0.3, -0.25) is 4.90 Å². The maximum absolute atomic E-state index is 11.9. The van der Waals surface area contributed by atoms with Gasteiger partial charge in [-0.25, -0.2) is 9.59 Å². The smallest absolute Gasteiger partial charge is 0.410 e. The van der Waals surface area contributed by atoms with Gasteiger partial charge in [-0.1, -0.05) is 12.7 Å². The molecule has 0 saturated carbocycles. The highest BCUT2D eigenvalue weighted by Crippen LogP contribution is 2.11. The van der Waals surface area contributed by atoms with E-state index < -0.39 is 5.60 Å². The Hall–Kier alpha value is -1.60. The van der Waals surface area contributed by atoms with Crippen LogP contribution < -0.4 is 0 Å². The quantitative estimate of drug-likeness (QED) is 0.398. The summed E-state index contributed by atoms with van der Waals surface area (Å²) in [5, 5.41) is 0. The maximum Gasteiger partial charge on any atom is 0.410 e. The number of amides is 1. The highest BCUT2D eigenvalue weighted by molar-refractivity contribution is 5.70. The molecule has 1 saturated heterocycles. The van der Waals surface area contributed by atoms with Gasteiger partial charge in [0.05, 0.1) is 6.61 Å². The zero-order chi connectivity index (χ0) is 17.3. The molecule has 0 radical (unpaired) electrons. The Bertz CT molecular complexity index is 398. The highest BCUT2D eigenvalue weighted by atomic mass is 16.6. The molecule has 23 heavy (non-hydrogen) atoms. The molecule has 0 aromatic rings. The van der Waals surface area contributed by atoms with Crippen molar-refractivity contribution in [3.05, 3.63) is 12.7 Å². The Labute approximate surface area is 138 Å². The first-order valence-electron chi connectivity index (χ1n) is 7.86. The minimum absolute atomic E-state index is 0.0499. The summed E-state index contributed by atoms with van der Waals surface area (Å²) in [6.45, 7) is 13.2. The molecule has 1 rings (SSSR count). The lowest BCUT2D eigenvalue weighted by Gasteiger charge is -2.35. The molecule has 0 spiro atoms. The van der Waals surface area contributed by atoms with E-state index in [0.29, 0.717) is 19.7 Å². The van der Waals surface area contributed by atoms with E-state index in [0.717, 1.165) is 19.6 Å². The summed E-state index contributed by atoms with van der Waals surface area (Å²) in [5.74, 6) is -0.389.